The molecule has 0 fully saturated rings. The van der Waals surface area contributed by atoms with Crippen LogP contribution in [-0.4, -0.2) is 10.2 Å². The van der Waals surface area contributed by atoms with E-state index in [0.717, 1.165) is 29.1 Å². The Morgan fingerprint density at radius 3 is 2.50 bits per heavy atom. The molecular formula is C13H13ClF3N3. The number of aromatic nitrogens is 2. The van der Waals surface area contributed by atoms with E-state index in [4.69, 9.17) is 11.6 Å². The zero-order chi connectivity index (χ0) is 14.9. The van der Waals surface area contributed by atoms with Crippen LogP contribution in [0.4, 0.5) is 18.9 Å². The second kappa shape index (κ2) is 5.36. The first kappa shape index (κ1) is 14.7. The second-order valence-corrected chi connectivity index (χ2v) is 4.93. The van der Waals surface area contributed by atoms with E-state index in [1.807, 2.05) is 13.8 Å². The Balaban J connectivity index is 2.20. The molecule has 1 aromatic heterocycles. The van der Waals surface area contributed by atoms with Crippen molar-refractivity contribution in [2.24, 2.45) is 0 Å². The predicted molar refractivity (Wildman–Crippen MR) is 71.8 cm³/mol. The number of rotatable bonds is 3. The Kier molecular flexibility index (Phi) is 3.94. The first-order valence-corrected chi connectivity index (χ1v) is 6.27. The number of aromatic amines is 1. The fourth-order valence-electron chi connectivity index (χ4n) is 1.88. The van der Waals surface area contributed by atoms with Gasteiger partial charge in [-0.05, 0) is 32.0 Å². The lowest BCUT2D eigenvalue weighted by atomic mass is 10.1. The van der Waals surface area contributed by atoms with E-state index in [0.29, 0.717) is 12.2 Å². The van der Waals surface area contributed by atoms with Gasteiger partial charge in [0.05, 0.1) is 11.3 Å². The third-order valence-corrected chi connectivity index (χ3v) is 3.19. The van der Waals surface area contributed by atoms with Gasteiger partial charge in [0, 0.05) is 28.5 Å². The zero-order valence-corrected chi connectivity index (χ0v) is 11.7. The lowest BCUT2D eigenvalue weighted by molar-refractivity contribution is -0.137. The number of hydrogen-bond donors (Lipinski definition) is 2. The number of H-pyrrole nitrogens is 1. The molecule has 0 saturated carbocycles. The van der Waals surface area contributed by atoms with Gasteiger partial charge in [-0.2, -0.15) is 18.3 Å². The molecule has 0 bridgehead atoms. The SMILES string of the molecule is Cc1n[nH]c(C)c1CNc1cc(Cl)cc(C(F)(F)F)c1. The van der Waals surface area contributed by atoms with Crippen LogP contribution in [0.25, 0.3) is 0 Å². The molecule has 2 rings (SSSR count). The molecule has 0 aliphatic rings. The maximum atomic E-state index is 12.7. The van der Waals surface area contributed by atoms with E-state index in [2.05, 4.69) is 15.5 Å². The molecule has 2 N–H and O–H groups in total. The van der Waals surface area contributed by atoms with Crippen molar-refractivity contribution in [1.29, 1.82) is 0 Å². The smallest absolute Gasteiger partial charge is 0.381 e. The Hall–Kier alpha value is -1.69. The summed E-state index contributed by atoms with van der Waals surface area (Å²) in [4.78, 5) is 0. The third-order valence-electron chi connectivity index (χ3n) is 2.98. The number of benzene rings is 1. The Morgan fingerprint density at radius 2 is 1.95 bits per heavy atom. The summed E-state index contributed by atoms with van der Waals surface area (Å²) in [5.74, 6) is 0. The quantitative estimate of drug-likeness (QED) is 0.887. The van der Waals surface area contributed by atoms with Crippen LogP contribution < -0.4 is 5.32 Å². The molecule has 1 aromatic carbocycles. The van der Waals surface area contributed by atoms with Gasteiger partial charge in [0.25, 0.3) is 0 Å². The molecule has 3 nitrogen and oxygen atoms in total. The highest BCUT2D eigenvalue weighted by Crippen LogP contribution is 2.33. The first-order chi connectivity index (χ1) is 9.27. The van der Waals surface area contributed by atoms with Crippen LogP contribution in [0.15, 0.2) is 18.2 Å². The molecule has 1 heterocycles. The minimum absolute atomic E-state index is 0.0444. The molecule has 0 aliphatic heterocycles. The Bertz CT molecular complexity index is 600. The molecular weight excluding hydrogens is 291 g/mol. The summed E-state index contributed by atoms with van der Waals surface area (Å²) in [6.07, 6.45) is -4.41. The van der Waals surface area contributed by atoms with E-state index in [1.165, 1.54) is 6.07 Å². The summed E-state index contributed by atoms with van der Waals surface area (Å²) < 4.78 is 38.1. The zero-order valence-electron chi connectivity index (χ0n) is 10.9. The molecule has 2 aromatic rings. The fraction of sp³-hybridized carbons (Fsp3) is 0.308. The minimum Gasteiger partial charge on any atom is -0.381 e. The predicted octanol–water partition coefficient (Wildman–Crippen LogP) is 4.31. The van der Waals surface area contributed by atoms with Gasteiger partial charge in [-0.15, -0.1) is 0 Å². The highest BCUT2D eigenvalue weighted by molar-refractivity contribution is 6.30. The Labute approximate surface area is 119 Å². The lowest BCUT2D eigenvalue weighted by Crippen LogP contribution is -2.07. The van der Waals surface area contributed by atoms with E-state index >= 15 is 0 Å². The monoisotopic (exact) mass is 303 g/mol. The van der Waals surface area contributed by atoms with Gasteiger partial charge in [-0.25, -0.2) is 0 Å². The van der Waals surface area contributed by atoms with Crippen molar-refractivity contribution >= 4 is 17.3 Å². The average Bonchev–Trinajstić information content (AvgIpc) is 2.65. The van der Waals surface area contributed by atoms with Crippen LogP contribution in [0.1, 0.15) is 22.5 Å². The highest BCUT2D eigenvalue weighted by atomic mass is 35.5. The Morgan fingerprint density at radius 1 is 1.25 bits per heavy atom. The van der Waals surface area contributed by atoms with Gasteiger partial charge in [-0.3, -0.25) is 5.10 Å². The van der Waals surface area contributed by atoms with Crippen molar-refractivity contribution in [2.75, 3.05) is 5.32 Å². The van der Waals surface area contributed by atoms with Crippen LogP contribution in [0.3, 0.4) is 0 Å². The number of alkyl halides is 3. The van der Waals surface area contributed by atoms with Gasteiger partial charge < -0.3 is 5.32 Å². The topological polar surface area (TPSA) is 40.7 Å². The first-order valence-electron chi connectivity index (χ1n) is 5.89. The molecule has 108 valence electrons. The summed E-state index contributed by atoms with van der Waals surface area (Å²) in [6, 6.07) is 3.40. The van der Waals surface area contributed by atoms with Crippen LogP contribution in [0, 0.1) is 13.8 Å². The summed E-state index contributed by atoms with van der Waals surface area (Å²) in [7, 11) is 0. The normalized spacial score (nSPS) is 11.7. The number of nitrogens with zero attached hydrogens (tertiary/aromatic N) is 1. The summed E-state index contributed by atoms with van der Waals surface area (Å²) >= 11 is 5.72. The van der Waals surface area contributed by atoms with Crippen LogP contribution in [-0.2, 0) is 12.7 Å². The molecule has 0 saturated heterocycles. The maximum absolute atomic E-state index is 12.7. The minimum atomic E-state index is -4.41. The van der Waals surface area contributed by atoms with Gasteiger partial charge in [0.15, 0.2) is 0 Å². The second-order valence-electron chi connectivity index (χ2n) is 4.49. The van der Waals surface area contributed by atoms with Crippen molar-refractivity contribution in [3.8, 4) is 0 Å². The average molecular weight is 304 g/mol. The number of aryl methyl sites for hydroxylation is 2. The van der Waals surface area contributed by atoms with Crippen LogP contribution in [0.5, 0.6) is 0 Å². The van der Waals surface area contributed by atoms with Crippen molar-refractivity contribution in [2.45, 2.75) is 26.6 Å². The van der Waals surface area contributed by atoms with Crippen LogP contribution in [0.2, 0.25) is 5.02 Å². The van der Waals surface area contributed by atoms with Gasteiger partial charge >= 0.3 is 6.18 Å². The maximum Gasteiger partial charge on any atom is 0.416 e. The van der Waals surface area contributed by atoms with E-state index in [1.54, 1.807) is 0 Å². The van der Waals surface area contributed by atoms with E-state index < -0.39 is 11.7 Å². The van der Waals surface area contributed by atoms with Gasteiger partial charge in [0.2, 0.25) is 0 Å². The summed E-state index contributed by atoms with van der Waals surface area (Å²) in [5.41, 5.74) is 2.18. The number of anilines is 1. The molecule has 0 unspecified atom stereocenters. The number of nitrogens with one attached hydrogen (secondary N) is 2. The fourth-order valence-corrected chi connectivity index (χ4v) is 2.12. The van der Waals surface area contributed by atoms with Crippen molar-refractivity contribution < 1.29 is 13.2 Å². The molecule has 20 heavy (non-hydrogen) atoms. The number of halogens is 4. The van der Waals surface area contributed by atoms with E-state index in [-0.39, 0.29) is 5.02 Å². The summed E-state index contributed by atoms with van der Waals surface area (Å²) in [5, 5.41) is 9.84. The van der Waals surface area contributed by atoms with Crippen molar-refractivity contribution in [3.05, 3.63) is 45.7 Å². The van der Waals surface area contributed by atoms with E-state index in [9.17, 15) is 13.2 Å². The molecule has 0 aliphatic carbocycles. The summed E-state index contributed by atoms with van der Waals surface area (Å²) in [6.45, 7) is 4.07. The molecule has 0 radical (unpaired) electrons. The standard InChI is InChI=1S/C13H13ClF3N3/c1-7-12(8(2)20-19-7)6-18-11-4-9(13(15,16)17)3-10(14)5-11/h3-5,18H,6H2,1-2H3,(H,19,20). The third kappa shape index (κ3) is 3.25. The molecule has 0 atom stereocenters. The molecule has 0 spiro atoms. The largest absolute Gasteiger partial charge is 0.416 e. The van der Waals surface area contributed by atoms with Gasteiger partial charge in [-0.1, -0.05) is 11.6 Å². The molecule has 7 heteroatoms. The van der Waals surface area contributed by atoms with Crippen LogP contribution >= 0.6 is 11.6 Å². The van der Waals surface area contributed by atoms with Crippen molar-refractivity contribution in [3.63, 3.8) is 0 Å². The molecule has 0 amide bonds. The van der Waals surface area contributed by atoms with Gasteiger partial charge in [0.1, 0.15) is 0 Å². The number of hydrogen-bond acceptors (Lipinski definition) is 2. The lowest BCUT2D eigenvalue weighted by Gasteiger charge is -2.12. The van der Waals surface area contributed by atoms with Crippen molar-refractivity contribution in [1.82, 2.24) is 10.2 Å². The highest BCUT2D eigenvalue weighted by Gasteiger charge is 2.31.